The number of hydrogen-bond donors (Lipinski definition) is 2. The summed E-state index contributed by atoms with van der Waals surface area (Å²) in [6.07, 6.45) is 2.16. The number of nitrogens with one attached hydrogen (secondary N) is 1. The first-order chi connectivity index (χ1) is 9.16. The quantitative estimate of drug-likeness (QED) is 0.859. The fourth-order valence-electron chi connectivity index (χ4n) is 3.27. The predicted octanol–water partition coefficient (Wildman–Crippen LogP) is 1.20. The van der Waals surface area contributed by atoms with Crippen molar-refractivity contribution in [1.82, 2.24) is 10.2 Å². The molecule has 5 heteroatoms. The fraction of sp³-hybridized carbons (Fsp3) is 0.500. The molecule has 1 aliphatic heterocycles. The molecular weight excluding hydrogens is 306 g/mol. The first kappa shape index (κ1) is 13.1. The molecule has 0 aromatic heterocycles. The molecule has 1 aliphatic carbocycles. The number of fused-ring (bicyclic) bond motifs is 1. The van der Waals surface area contributed by atoms with Gasteiger partial charge in [0.25, 0.3) is 0 Å². The van der Waals surface area contributed by atoms with Gasteiger partial charge in [0, 0.05) is 30.1 Å². The molecule has 0 bridgehead atoms. The van der Waals surface area contributed by atoms with Crippen molar-refractivity contribution in [3.05, 3.63) is 33.8 Å². The number of benzene rings is 1. The Kier molecular flexibility index (Phi) is 3.60. The second kappa shape index (κ2) is 5.23. The summed E-state index contributed by atoms with van der Waals surface area (Å²) in [5.41, 5.74) is 8.29. The summed E-state index contributed by atoms with van der Waals surface area (Å²) in [5.74, 6) is -0.224. The zero-order chi connectivity index (χ0) is 13.4. The smallest absolute Gasteiger partial charge is 0.236 e. The highest BCUT2D eigenvalue weighted by atomic mass is 79.9. The van der Waals surface area contributed by atoms with Crippen molar-refractivity contribution in [3.63, 3.8) is 0 Å². The monoisotopic (exact) mass is 323 g/mol. The van der Waals surface area contributed by atoms with E-state index in [4.69, 9.17) is 5.73 Å². The van der Waals surface area contributed by atoms with E-state index >= 15 is 0 Å². The highest BCUT2D eigenvalue weighted by Crippen LogP contribution is 2.38. The van der Waals surface area contributed by atoms with Crippen molar-refractivity contribution in [1.29, 1.82) is 0 Å². The Morgan fingerprint density at radius 3 is 3.11 bits per heavy atom. The largest absolute Gasteiger partial charge is 0.368 e. The Bertz CT molecular complexity index is 505. The average molecular weight is 324 g/mol. The van der Waals surface area contributed by atoms with Gasteiger partial charge in [0.15, 0.2) is 0 Å². The summed E-state index contributed by atoms with van der Waals surface area (Å²) in [5, 5.41) is 3.25. The number of piperazine rings is 1. The van der Waals surface area contributed by atoms with E-state index in [0.717, 1.165) is 30.4 Å². The third kappa shape index (κ3) is 2.42. The molecule has 0 radical (unpaired) electrons. The summed E-state index contributed by atoms with van der Waals surface area (Å²) in [7, 11) is 0. The van der Waals surface area contributed by atoms with Crippen LogP contribution in [-0.2, 0) is 11.2 Å². The first-order valence-electron chi connectivity index (χ1n) is 6.71. The van der Waals surface area contributed by atoms with Gasteiger partial charge >= 0.3 is 0 Å². The van der Waals surface area contributed by atoms with Crippen LogP contribution in [0.2, 0.25) is 0 Å². The molecular formula is C14H18BrN3O. The van der Waals surface area contributed by atoms with E-state index in [-0.39, 0.29) is 11.9 Å². The number of primary amides is 1. The fourth-order valence-corrected chi connectivity index (χ4v) is 3.67. The van der Waals surface area contributed by atoms with Crippen LogP contribution < -0.4 is 11.1 Å². The third-order valence-electron chi connectivity index (χ3n) is 4.16. The molecule has 2 unspecified atom stereocenters. The van der Waals surface area contributed by atoms with Gasteiger partial charge in [0.1, 0.15) is 6.04 Å². The molecule has 1 fully saturated rings. The number of halogens is 1. The van der Waals surface area contributed by atoms with Crippen molar-refractivity contribution in [2.75, 3.05) is 19.6 Å². The van der Waals surface area contributed by atoms with Gasteiger partial charge in [0.2, 0.25) is 5.91 Å². The highest BCUT2D eigenvalue weighted by Gasteiger charge is 2.36. The Morgan fingerprint density at radius 2 is 2.32 bits per heavy atom. The van der Waals surface area contributed by atoms with E-state index in [0.29, 0.717) is 12.6 Å². The lowest BCUT2D eigenvalue weighted by Crippen LogP contribution is -2.57. The number of carbonyl (C=O) groups excluding carboxylic acids is 1. The second-order valence-electron chi connectivity index (χ2n) is 5.26. The van der Waals surface area contributed by atoms with E-state index in [1.807, 2.05) is 0 Å². The highest BCUT2D eigenvalue weighted by molar-refractivity contribution is 9.10. The molecule has 1 amide bonds. The Labute approximate surface area is 121 Å². The molecule has 1 saturated heterocycles. The zero-order valence-corrected chi connectivity index (χ0v) is 12.3. The lowest BCUT2D eigenvalue weighted by Gasteiger charge is -2.38. The molecule has 3 rings (SSSR count). The van der Waals surface area contributed by atoms with Crippen LogP contribution in [0.3, 0.4) is 0 Å². The molecule has 19 heavy (non-hydrogen) atoms. The number of carbonyl (C=O) groups is 1. The molecule has 0 saturated carbocycles. The van der Waals surface area contributed by atoms with Gasteiger partial charge in [-0.3, -0.25) is 9.69 Å². The zero-order valence-electron chi connectivity index (χ0n) is 10.7. The SMILES string of the molecule is NC(=O)C1CNCCN1C1CCc2cc(Br)ccc21. The topological polar surface area (TPSA) is 58.4 Å². The summed E-state index contributed by atoms with van der Waals surface area (Å²) in [4.78, 5) is 13.9. The van der Waals surface area contributed by atoms with Gasteiger partial charge in [-0.2, -0.15) is 0 Å². The lowest BCUT2D eigenvalue weighted by molar-refractivity contribution is -0.124. The van der Waals surface area contributed by atoms with Crippen LogP contribution in [0, 0.1) is 0 Å². The standard InChI is InChI=1S/C14H18BrN3O/c15-10-2-3-11-9(7-10)1-4-12(11)18-6-5-17-8-13(18)14(16)19/h2-3,7,12-13,17H,1,4-6,8H2,(H2,16,19). The van der Waals surface area contributed by atoms with Gasteiger partial charge in [-0.05, 0) is 36.1 Å². The van der Waals surface area contributed by atoms with Crippen LogP contribution in [0.5, 0.6) is 0 Å². The van der Waals surface area contributed by atoms with Gasteiger partial charge in [-0.1, -0.05) is 22.0 Å². The normalized spacial score (nSPS) is 27.2. The number of amides is 1. The maximum Gasteiger partial charge on any atom is 0.236 e. The Balaban J connectivity index is 1.89. The third-order valence-corrected chi connectivity index (χ3v) is 4.66. The first-order valence-corrected chi connectivity index (χ1v) is 7.50. The van der Waals surface area contributed by atoms with Crippen LogP contribution in [0.4, 0.5) is 0 Å². The van der Waals surface area contributed by atoms with Crippen molar-refractivity contribution in [2.45, 2.75) is 24.9 Å². The summed E-state index contributed by atoms with van der Waals surface area (Å²) in [6.45, 7) is 2.47. The molecule has 3 N–H and O–H groups in total. The molecule has 0 spiro atoms. The van der Waals surface area contributed by atoms with Gasteiger partial charge in [0.05, 0.1) is 0 Å². The second-order valence-corrected chi connectivity index (χ2v) is 6.17. The van der Waals surface area contributed by atoms with E-state index in [1.54, 1.807) is 0 Å². The minimum absolute atomic E-state index is 0.187. The molecule has 4 nitrogen and oxygen atoms in total. The van der Waals surface area contributed by atoms with Crippen LogP contribution in [0.15, 0.2) is 22.7 Å². The Morgan fingerprint density at radius 1 is 1.47 bits per heavy atom. The molecule has 2 aliphatic rings. The lowest BCUT2D eigenvalue weighted by atomic mass is 10.0. The molecule has 1 heterocycles. The number of nitrogens with zero attached hydrogens (tertiary/aromatic N) is 1. The minimum Gasteiger partial charge on any atom is -0.368 e. The van der Waals surface area contributed by atoms with Gasteiger partial charge < -0.3 is 11.1 Å². The molecule has 1 aromatic rings. The van der Waals surface area contributed by atoms with Crippen LogP contribution >= 0.6 is 15.9 Å². The van der Waals surface area contributed by atoms with E-state index in [9.17, 15) is 4.79 Å². The summed E-state index contributed by atoms with van der Waals surface area (Å²) >= 11 is 3.52. The number of rotatable bonds is 2. The average Bonchev–Trinajstić information content (AvgIpc) is 2.81. The maximum absolute atomic E-state index is 11.6. The number of hydrogen-bond acceptors (Lipinski definition) is 3. The summed E-state index contributed by atoms with van der Waals surface area (Å²) in [6, 6.07) is 6.60. The van der Waals surface area contributed by atoms with Crippen molar-refractivity contribution in [3.8, 4) is 0 Å². The maximum atomic E-state index is 11.6. The Hall–Kier alpha value is -0.910. The molecule has 2 atom stereocenters. The molecule has 1 aromatic carbocycles. The van der Waals surface area contributed by atoms with Crippen LogP contribution in [0.1, 0.15) is 23.6 Å². The molecule has 102 valence electrons. The predicted molar refractivity (Wildman–Crippen MR) is 77.8 cm³/mol. The van der Waals surface area contributed by atoms with Crippen molar-refractivity contribution < 1.29 is 4.79 Å². The van der Waals surface area contributed by atoms with Gasteiger partial charge in [-0.15, -0.1) is 0 Å². The van der Waals surface area contributed by atoms with Gasteiger partial charge in [-0.25, -0.2) is 0 Å². The number of aryl methyl sites for hydroxylation is 1. The minimum atomic E-state index is -0.224. The van der Waals surface area contributed by atoms with Crippen LogP contribution in [0.25, 0.3) is 0 Å². The van der Waals surface area contributed by atoms with Crippen molar-refractivity contribution >= 4 is 21.8 Å². The van der Waals surface area contributed by atoms with E-state index in [2.05, 4.69) is 44.3 Å². The van der Waals surface area contributed by atoms with E-state index < -0.39 is 0 Å². The summed E-state index contributed by atoms with van der Waals surface area (Å²) < 4.78 is 1.12. The van der Waals surface area contributed by atoms with Crippen molar-refractivity contribution in [2.24, 2.45) is 5.73 Å². The van der Waals surface area contributed by atoms with E-state index in [1.165, 1.54) is 11.1 Å². The number of nitrogens with two attached hydrogens (primary N) is 1. The van der Waals surface area contributed by atoms with Crippen LogP contribution in [-0.4, -0.2) is 36.5 Å².